The van der Waals surface area contributed by atoms with Crippen molar-refractivity contribution in [3.63, 3.8) is 0 Å². The maximum atomic E-state index is 12.2. The normalized spacial score (nSPS) is 10.3. The minimum Gasteiger partial charge on any atom is -0.347 e. The number of hydrogen-bond acceptors (Lipinski definition) is 4. The first-order chi connectivity index (χ1) is 13.0. The van der Waals surface area contributed by atoms with Crippen LogP contribution in [0.15, 0.2) is 53.9 Å². The van der Waals surface area contributed by atoms with Crippen molar-refractivity contribution in [2.24, 2.45) is 0 Å². The fraction of sp³-hybridized carbons (Fsp3) is 0.105. The lowest BCUT2D eigenvalue weighted by Crippen LogP contribution is -2.23. The molecule has 1 aromatic heterocycles. The number of benzene rings is 2. The van der Waals surface area contributed by atoms with Crippen LogP contribution in [-0.4, -0.2) is 16.9 Å². The number of urea groups is 1. The average Bonchev–Trinajstić information content (AvgIpc) is 3.09. The van der Waals surface area contributed by atoms with E-state index in [1.54, 1.807) is 23.6 Å². The second-order valence-corrected chi connectivity index (χ2v) is 7.09. The molecule has 0 bridgehead atoms. The molecule has 0 aliphatic rings. The zero-order valence-electron chi connectivity index (χ0n) is 14.5. The highest BCUT2D eigenvalue weighted by molar-refractivity contribution is 7.14. The van der Waals surface area contributed by atoms with Crippen LogP contribution in [0.4, 0.5) is 15.6 Å². The standard InChI is InChI=1S/C19H17ClN4O2S/c1-12-3-2-4-15(9-12)22-18(26)24-19-23-16(11-27-19)17(25)21-10-13-5-7-14(20)8-6-13/h2-9,11H,10H2,1H3,(H,21,25)(H2,22,23,24,26). The van der Waals surface area contributed by atoms with Crippen LogP contribution in [0, 0.1) is 6.92 Å². The molecular weight excluding hydrogens is 384 g/mol. The number of halogens is 1. The Bertz CT molecular complexity index is 956. The number of rotatable bonds is 5. The summed E-state index contributed by atoms with van der Waals surface area (Å²) in [4.78, 5) is 28.4. The van der Waals surface area contributed by atoms with Gasteiger partial charge in [0.05, 0.1) is 0 Å². The molecule has 2 aromatic carbocycles. The molecule has 1 heterocycles. The van der Waals surface area contributed by atoms with Gasteiger partial charge in [-0.2, -0.15) is 0 Å². The SMILES string of the molecule is Cc1cccc(NC(=O)Nc2nc(C(=O)NCc3ccc(Cl)cc3)cs2)c1. The highest BCUT2D eigenvalue weighted by Gasteiger charge is 2.12. The first kappa shape index (κ1) is 18.9. The fourth-order valence-electron chi connectivity index (χ4n) is 2.29. The Morgan fingerprint density at radius 1 is 1.11 bits per heavy atom. The highest BCUT2D eigenvalue weighted by Crippen LogP contribution is 2.17. The van der Waals surface area contributed by atoms with Crippen LogP contribution in [0.2, 0.25) is 5.02 Å². The van der Waals surface area contributed by atoms with Crippen LogP contribution in [0.5, 0.6) is 0 Å². The summed E-state index contributed by atoms with van der Waals surface area (Å²) in [5.74, 6) is -0.312. The Morgan fingerprint density at radius 3 is 2.63 bits per heavy atom. The molecule has 0 unspecified atom stereocenters. The maximum absolute atomic E-state index is 12.2. The number of carbonyl (C=O) groups excluding carboxylic acids is 2. The monoisotopic (exact) mass is 400 g/mol. The molecule has 0 saturated carbocycles. The summed E-state index contributed by atoms with van der Waals surface area (Å²) in [7, 11) is 0. The number of thiazole rings is 1. The van der Waals surface area contributed by atoms with Crippen molar-refractivity contribution >= 4 is 45.7 Å². The van der Waals surface area contributed by atoms with E-state index in [0.29, 0.717) is 22.4 Å². The summed E-state index contributed by atoms with van der Waals surface area (Å²) in [5, 5.41) is 10.7. The molecule has 0 saturated heterocycles. The average molecular weight is 401 g/mol. The van der Waals surface area contributed by atoms with Gasteiger partial charge in [0.2, 0.25) is 0 Å². The van der Waals surface area contributed by atoms with Gasteiger partial charge in [0.15, 0.2) is 5.13 Å². The van der Waals surface area contributed by atoms with Crippen molar-refractivity contribution in [3.05, 3.63) is 75.8 Å². The molecule has 3 N–H and O–H groups in total. The van der Waals surface area contributed by atoms with Gasteiger partial charge in [-0.25, -0.2) is 9.78 Å². The molecule has 0 fully saturated rings. The van der Waals surface area contributed by atoms with E-state index < -0.39 is 6.03 Å². The molecular formula is C19H17ClN4O2S. The van der Waals surface area contributed by atoms with Crippen LogP contribution in [-0.2, 0) is 6.54 Å². The Balaban J connectivity index is 1.53. The molecule has 27 heavy (non-hydrogen) atoms. The van der Waals surface area contributed by atoms with Gasteiger partial charge in [0, 0.05) is 22.6 Å². The maximum Gasteiger partial charge on any atom is 0.325 e. The third kappa shape index (κ3) is 5.54. The van der Waals surface area contributed by atoms with Gasteiger partial charge in [-0.3, -0.25) is 10.1 Å². The van der Waals surface area contributed by atoms with Crippen molar-refractivity contribution in [3.8, 4) is 0 Å². The first-order valence-electron chi connectivity index (χ1n) is 8.12. The lowest BCUT2D eigenvalue weighted by atomic mass is 10.2. The van der Waals surface area contributed by atoms with Gasteiger partial charge in [0.1, 0.15) is 5.69 Å². The summed E-state index contributed by atoms with van der Waals surface area (Å²) in [6.07, 6.45) is 0. The van der Waals surface area contributed by atoms with E-state index in [9.17, 15) is 9.59 Å². The molecule has 138 valence electrons. The van der Waals surface area contributed by atoms with Crippen molar-refractivity contribution in [1.29, 1.82) is 0 Å². The smallest absolute Gasteiger partial charge is 0.325 e. The summed E-state index contributed by atoms with van der Waals surface area (Å²) in [5.41, 5.74) is 2.91. The molecule has 0 radical (unpaired) electrons. The van der Waals surface area contributed by atoms with Crippen molar-refractivity contribution in [2.45, 2.75) is 13.5 Å². The van der Waals surface area contributed by atoms with Gasteiger partial charge in [-0.1, -0.05) is 35.9 Å². The van der Waals surface area contributed by atoms with E-state index in [2.05, 4.69) is 20.9 Å². The molecule has 6 nitrogen and oxygen atoms in total. The number of nitrogens with one attached hydrogen (secondary N) is 3. The predicted octanol–water partition coefficient (Wildman–Crippen LogP) is 4.68. The topological polar surface area (TPSA) is 83.1 Å². The van der Waals surface area contributed by atoms with Crippen LogP contribution in [0.3, 0.4) is 0 Å². The summed E-state index contributed by atoms with van der Waals surface area (Å²) >= 11 is 7.02. The van der Waals surface area contributed by atoms with Gasteiger partial charge in [-0.05, 0) is 42.3 Å². The molecule has 0 spiro atoms. The van der Waals surface area contributed by atoms with E-state index in [0.717, 1.165) is 11.1 Å². The van der Waals surface area contributed by atoms with Crippen LogP contribution < -0.4 is 16.0 Å². The van der Waals surface area contributed by atoms with Crippen LogP contribution in [0.1, 0.15) is 21.6 Å². The highest BCUT2D eigenvalue weighted by atomic mass is 35.5. The van der Waals surface area contributed by atoms with E-state index in [-0.39, 0.29) is 11.6 Å². The van der Waals surface area contributed by atoms with Crippen molar-refractivity contribution in [2.75, 3.05) is 10.6 Å². The molecule has 3 rings (SSSR count). The fourth-order valence-corrected chi connectivity index (χ4v) is 3.10. The quantitative estimate of drug-likeness (QED) is 0.581. The summed E-state index contributed by atoms with van der Waals surface area (Å²) in [6.45, 7) is 2.31. The van der Waals surface area contributed by atoms with E-state index in [1.165, 1.54) is 11.3 Å². The molecule has 0 aliphatic heterocycles. The molecule has 3 amide bonds. The van der Waals surface area contributed by atoms with E-state index in [4.69, 9.17) is 11.6 Å². The number of nitrogens with zero attached hydrogens (tertiary/aromatic N) is 1. The number of aromatic nitrogens is 1. The van der Waals surface area contributed by atoms with Gasteiger partial charge in [0.25, 0.3) is 5.91 Å². The number of aryl methyl sites for hydroxylation is 1. The minimum absolute atomic E-state index is 0.250. The predicted molar refractivity (Wildman–Crippen MR) is 109 cm³/mol. The third-order valence-electron chi connectivity index (χ3n) is 3.60. The molecule has 0 atom stereocenters. The van der Waals surface area contributed by atoms with Crippen molar-refractivity contribution in [1.82, 2.24) is 10.3 Å². The second kappa shape index (κ2) is 8.66. The minimum atomic E-state index is -0.414. The molecule has 0 aliphatic carbocycles. The van der Waals surface area contributed by atoms with E-state index >= 15 is 0 Å². The first-order valence-corrected chi connectivity index (χ1v) is 9.38. The Morgan fingerprint density at radius 2 is 1.89 bits per heavy atom. The van der Waals surface area contributed by atoms with Gasteiger partial charge in [-0.15, -0.1) is 11.3 Å². The lowest BCUT2D eigenvalue weighted by Gasteiger charge is -2.06. The largest absolute Gasteiger partial charge is 0.347 e. The number of carbonyl (C=O) groups is 2. The van der Waals surface area contributed by atoms with Gasteiger partial charge >= 0.3 is 6.03 Å². The Kier molecular flexibility index (Phi) is 6.05. The lowest BCUT2D eigenvalue weighted by molar-refractivity contribution is 0.0946. The molecule has 8 heteroatoms. The van der Waals surface area contributed by atoms with Crippen LogP contribution in [0.25, 0.3) is 0 Å². The molecule has 3 aromatic rings. The van der Waals surface area contributed by atoms with Crippen molar-refractivity contribution < 1.29 is 9.59 Å². The number of anilines is 2. The Hall–Kier alpha value is -2.90. The second-order valence-electron chi connectivity index (χ2n) is 5.80. The zero-order chi connectivity index (χ0) is 19.2. The number of hydrogen-bond donors (Lipinski definition) is 3. The van der Waals surface area contributed by atoms with Crippen LogP contribution >= 0.6 is 22.9 Å². The summed E-state index contributed by atoms with van der Waals surface area (Å²) in [6, 6.07) is 14.3. The van der Waals surface area contributed by atoms with E-state index in [1.807, 2.05) is 37.3 Å². The van der Waals surface area contributed by atoms with Gasteiger partial charge < -0.3 is 10.6 Å². The number of amides is 3. The summed E-state index contributed by atoms with van der Waals surface area (Å²) < 4.78 is 0. The third-order valence-corrected chi connectivity index (χ3v) is 4.61. The Labute approximate surface area is 165 Å². The zero-order valence-corrected chi connectivity index (χ0v) is 16.0.